The minimum atomic E-state index is -4.40. The number of aromatic hydroxyl groups is 2. The van der Waals surface area contributed by atoms with Gasteiger partial charge in [0.2, 0.25) is 0 Å². The molecule has 0 spiro atoms. The number of benzene rings is 3. The Morgan fingerprint density at radius 3 is 2.42 bits per heavy atom. The highest BCUT2D eigenvalue weighted by Gasteiger charge is 2.17. The smallest absolute Gasteiger partial charge is 0.299 e. The van der Waals surface area contributed by atoms with Crippen LogP contribution in [-0.2, 0) is 19.5 Å². The summed E-state index contributed by atoms with van der Waals surface area (Å²) in [5.74, 6) is -0.586. The van der Waals surface area contributed by atoms with Gasteiger partial charge in [0.05, 0.1) is 45.1 Å². The van der Waals surface area contributed by atoms with Gasteiger partial charge < -0.3 is 10.2 Å². The number of aromatic nitrogens is 3. The standard InChI is InChI=1S/C25H19N7O9S2/c1-13-22(25(35)32(31-13)16-4-6-17(7-5-16)43(37,38)39)29-27-15-3-2-14-10-21(42-41-40-36)23(24(34)18(14)11-15)30-28-19-8-9-26-12-20(19)33/h2-12,31,33-34,36H,1H3,(H,37,38,39). The van der Waals surface area contributed by atoms with Gasteiger partial charge in [0.1, 0.15) is 11.4 Å². The van der Waals surface area contributed by atoms with Gasteiger partial charge >= 0.3 is 0 Å². The van der Waals surface area contributed by atoms with Gasteiger partial charge in [0.15, 0.2) is 17.2 Å². The molecule has 220 valence electrons. The molecule has 0 saturated carbocycles. The number of aryl methyl sites for hydroxylation is 1. The van der Waals surface area contributed by atoms with Crippen LogP contribution in [0.3, 0.4) is 0 Å². The number of azo groups is 2. The third-order valence-electron chi connectivity index (χ3n) is 5.92. The number of phenols is 1. The Balaban J connectivity index is 1.50. The summed E-state index contributed by atoms with van der Waals surface area (Å²) in [6.45, 7) is 1.60. The first kappa shape index (κ1) is 29.5. The van der Waals surface area contributed by atoms with Crippen molar-refractivity contribution in [3.8, 4) is 17.2 Å². The largest absolute Gasteiger partial charge is 0.505 e. The Morgan fingerprint density at radius 2 is 1.72 bits per heavy atom. The molecule has 18 heteroatoms. The second kappa shape index (κ2) is 12.1. The molecule has 0 bridgehead atoms. The zero-order valence-corrected chi connectivity index (χ0v) is 23.3. The Labute approximate surface area is 245 Å². The minimum Gasteiger partial charge on any atom is -0.505 e. The van der Waals surface area contributed by atoms with E-state index in [1.54, 1.807) is 25.1 Å². The summed E-state index contributed by atoms with van der Waals surface area (Å²) in [5.41, 5.74) is 0.326. The van der Waals surface area contributed by atoms with Crippen molar-refractivity contribution in [1.82, 2.24) is 14.8 Å². The fraction of sp³-hybridized carbons (Fsp3) is 0.0400. The summed E-state index contributed by atoms with van der Waals surface area (Å²) < 4.78 is 37.4. The van der Waals surface area contributed by atoms with E-state index in [-0.39, 0.29) is 49.4 Å². The minimum absolute atomic E-state index is 0.0253. The molecule has 0 unspecified atom stereocenters. The van der Waals surface area contributed by atoms with Gasteiger partial charge in [-0.15, -0.1) is 19.7 Å². The maximum atomic E-state index is 13.0. The molecular weight excluding hydrogens is 606 g/mol. The zero-order valence-electron chi connectivity index (χ0n) is 21.7. The predicted octanol–water partition coefficient (Wildman–Crippen LogP) is 5.94. The van der Waals surface area contributed by atoms with Gasteiger partial charge in [-0.2, -0.15) is 13.5 Å². The molecule has 0 aliphatic carbocycles. The van der Waals surface area contributed by atoms with Gasteiger partial charge in [-0.05, 0) is 60.8 Å². The van der Waals surface area contributed by atoms with Gasteiger partial charge in [0.25, 0.3) is 15.7 Å². The third-order valence-corrected chi connectivity index (χ3v) is 7.41. The average molecular weight is 626 g/mol. The first-order valence-corrected chi connectivity index (χ1v) is 14.1. The lowest BCUT2D eigenvalue weighted by atomic mass is 10.1. The van der Waals surface area contributed by atoms with Crippen LogP contribution < -0.4 is 5.56 Å². The molecule has 2 heterocycles. The Hall–Kier alpha value is -4.98. The number of nitrogens with one attached hydrogen (secondary N) is 1. The number of rotatable bonds is 9. The highest BCUT2D eigenvalue weighted by Crippen LogP contribution is 2.45. The van der Waals surface area contributed by atoms with E-state index < -0.39 is 15.7 Å². The highest BCUT2D eigenvalue weighted by molar-refractivity contribution is 7.94. The number of aromatic amines is 1. The van der Waals surface area contributed by atoms with Crippen LogP contribution in [0.4, 0.5) is 22.7 Å². The third kappa shape index (κ3) is 6.28. The SMILES string of the molecule is Cc1[nH]n(-c2ccc(S(=O)(=O)O)cc2)c(=O)c1N=Nc1ccc2cc(SOOO)c(N=Nc3ccncc3O)c(O)c2c1. The van der Waals surface area contributed by atoms with E-state index in [1.807, 2.05) is 0 Å². The topological polar surface area (TPSA) is 234 Å². The zero-order chi connectivity index (χ0) is 30.7. The van der Waals surface area contributed by atoms with E-state index in [0.29, 0.717) is 28.8 Å². The van der Waals surface area contributed by atoms with Gasteiger partial charge in [-0.25, -0.2) is 9.94 Å². The number of hydrogen-bond acceptors (Lipinski definition) is 14. The van der Waals surface area contributed by atoms with Crippen molar-refractivity contribution in [3.63, 3.8) is 0 Å². The second-order valence-electron chi connectivity index (χ2n) is 8.66. The second-order valence-corrected chi connectivity index (χ2v) is 10.8. The Morgan fingerprint density at radius 1 is 0.977 bits per heavy atom. The summed E-state index contributed by atoms with van der Waals surface area (Å²) in [7, 11) is -4.40. The van der Waals surface area contributed by atoms with E-state index in [1.165, 1.54) is 36.7 Å². The maximum Gasteiger partial charge on any atom is 0.299 e. The lowest BCUT2D eigenvalue weighted by Gasteiger charge is -2.09. The molecule has 5 aromatic rings. The van der Waals surface area contributed by atoms with Crippen LogP contribution in [0.1, 0.15) is 5.69 Å². The summed E-state index contributed by atoms with van der Waals surface area (Å²) >= 11 is 0.547. The van der Waals surface area contributed by atoms with Gasteiger partial charge in [-0.1, -0.05) is 11.1 Å². The molecule has 2 aromatic heterocycles. The van der Waals surface area contributed by atoms with Crippen molar-refractivity contribution >= 4 is 55.7 Å². The van der Waals surface area contributed by atoms with Crippen molar-refractivity contribution in [2.24, 2.45) is 20.5 Å². The first-order valence-electron chi connectivity index (χ1n) is 11.9. The number of nitrogens with zero attached hydrogens (tertiary/aromatic N) is 6. The molecule has 5 rings (SSSR count). The van der Waals surface area contributed by atoms with Crippen molar-refractivity contribution in [2.75, 3.05) is 0 Å². The van der Waals surface area contributed by atoms with Crippen molar-refractivity contribution in [1.29, 1.82) is 0 Å². The normalized spacial score (nSPS) is 12.2. The number of fused-ring (bicyclic) bond motifs is 1. The number of pyridine rings is 1. The van der Waals surface area contributed by atoms with Crippen molar-refractivity contribution in [3.05, 3.63) is 83.0 Å². The van der Waals surface area contributed by atoms with Crippen LogP contribution in [0.15, 0.2) is 102 Å². The average Bonchev–Trinajstić information content (AvgIpc) is 3.27. The maximum absolute atomic E-state index is 13.0. The van der Waals surface area contributed by atoms with Crippen LogP contribution >= 0.6 is 12.0 Å². The fourth-order valence-electron chi connectivity index (χ4n) is 3.88. The molecule has 0 saturated heterocycles. The quantitative estimate of drug-likeness (QED) is 0.0422. The summed E-state index contributed by atoms with van der Waals surface area (Å²) in [5, 5.41) is 53.1. The van der Waals surface area contributed by atoms with E-state index in [2.05, 4.69) is 39.9 Å². The molecule has 0 aliphatic heterocycles. The first-order chi connectivity index (χ1) is 20.6. The molecule has 0 atom stereocenters. The van der Waals surface area contributed by atoms with E-state index >= 15 is 0 Å². The lowest BCUT2D eigenvalue weighted by molar-refractivity contribution is -0.432. The van der Waals surface area contributed by atoms with Crippen LogP contribution in [0.25, 0.3) is 16.5 Å². The molecule has 0 radical (unpaired) electrons. The van der Waals surface area contributed by atoms with Crippen LogP contribution in [0, 0.1) is 6.92 Å². The van der Waals surface area contributed by atoms with Crippen molar-refractivity contribution < 1.29 is 37.8 Å². The Bertz CT molecular complexity index is 2060. The molecule has 0 aliphatic rings. The van der Waals surface area contributed by atoms with Gasteiger partial charge in [0, 0.05) is 11.6 Å². The highest BCUT2D eigenvalue weighted by atomic mass is 32.2. The van der Waals surface area contributed by atoms with Crippen LogP contribution in [0.5, 0.6) is 11.5 Å². The Kier molecular flexibility index (Phi) is 8.30. The molecular formula is C25H19N7O9S2. The molecule has 3 aromatic carbocycles. The van der Waals surface area contributed by atoms with Crippen LogP contribution in [-0.4, -0.2) is 43.2 Å². The molecule has 16 nitrogen and oxygen atoms in total. The van der Waals surface area contributed by atoms with Gasteiger partial charge in [-0.3, -0.25) is 19.4 Å². The molecule has 0 amide bonds. The predicted molar refractivity (Wildman–Crippen MR) is 151 cm³/mol. The van der Waals surface area contributed by atoms with Crippen molar-refractivity contribution in [2.45, 2.75) is 16.7 Å². The summed E-state index contributed by atoms with van der Waals surface area (Å²) in [6, 6.07) is 12.6. The van der Waals surface area contributed by atoms with E-state index in [0.717, 1.165) is 16.8 Å². The monoisotopic (exact) mass is 625 g/mol. The molecule has 43 heavy (non-hydrogen) atoms. The molecule has 0 fully saturated rings. The van der Waals surface area contributed by atoms with E-state index in [9.17, 15) is 28.0 Å². The number of hydrogen-bond donors (Lipinski definition) is 5. The number of H-pyrrole nitrogens is 1. The number of phenolic OH excluding ortho intramolecular Hbond substituents is 1. The fourth-order valence-corrected chi connectivity index (χ4v) is 4.86. The molecule has 5 N–H and O–H groups in total. The van der Waals surface area contributed by atoms with Crippen LogP contribution in [0.2, 0.25) is 0 Å². The van der Waals surface area contributed by atoms with E-state index in [4.69, 9.17) is 5.26 Å². The lowest BCUT2D eigenvalue weighted by Crippen LogP contribution is -2.14. The summed E-state index contributed by atoms with van der Waals surface area (Å²) in [4.78, 5) is 16.7. The summed E-state index contributed by atoms with van der Waals surface area (Å²) in [6.07, 6.45) is 2.56.